The molecule has 2 aromatic rings. The average molecular weight is 412 g/mol. The van der Waals surface area contributed by atoms with E-state index in [0.29, 0.717) is 25.0 Å². The number of piperidine rings is 1. The largest absolute Gasteiger partial charge is 0.453 e. The Morgan fingerprint density at radius 2 is 1.93 bits per heavy atom. The molecule has 1 aromatic carbocycles. The van der Waals surface area contributed by atoms with E-state index in [9.17, 15) is 4.79 Å². The lowest BCUT2D eigenvalue weighted by Gasteiger charge is -2.43. The maximum atomic E-state index is 12.5. The topological polar surface area (TPSA) is 67.5 Å². The Kier molecular flexibility index (Phi) is 6.72. The molecular formula is C24H33N3O3. The van der Waals surface area contributed by atoms with Crippen LogP contribution in [0.1, 0.15) is 62.1 Å². The number of carbonyl (C=O) groups is 1. The van der Waals surface area contributed by atoms with Crippen LogP contribution in [0.4, 0.5) is 4.79 Å². The summed E-state index contributed by atoms with van der Waals surface area (Å²) < 4.78 is 11.5. The molecule has 30 heavy (non-hydrogen) atoms. The molecule has 1 N–H and O–H groups in total. The number of ether oxygens (including phenoxy) is 2. The molecule has 4 rings (SSSR count). The monoisotopic (exact) mass is 411 g/mol. The molecule has 1 saturated carbocycles. The molecule has 2 heterocycles. The number of hydrogen-bond donors (Lipinski definition) is 1. The number of H-pyrrole nitrogens is 1. The fourth-order valence-electron chi connectivity index (χ4n) is 5.22. The van der Waals surface area contributed by atoms with Crippen LogP contribution in [0, 0.1) is 5.92 Å². The molecule has 6 nitrogen and oxygen atoms in total. The highest BCUT2D eigenvalue weighted by atomic mass is 16.5. The van der Waals surface area contributed by atoms with Crippen molar-refractivity contribution in [1.82, 2.24) is 15.1 Å². The summed E-state index contributed by atoms with van der Waals surface area (Å²) in [6.07, 6.45) is 7.20. The van der Waals surface area contributed by atoms with E-state index >= 15 is 0 Å². The van der Waals surface area contributed by atoms with Crippen molar-refractivity contribution in [3.63, 3.8) is 0 Å². The third-order valence-corrected chi connectivity index (χ3v) is 6.81. The first-order valence-corrected chi connectivity index (χ1v) is 11.2. The van der Waals surface area contributed by atoms with E-state index in [4.69, 9.17) is 9.47 Å². The van der Waals surface area contributed by atoms with E-state index in [2.05, 4.69) is 47.5 Å². The second-order valence-corrected chi connectivity index (χ2v) is 8.87. The molecule has 0 unspecified atom stereocenters. The molecule has 6 heteroatoms. The minimum atomic E-state index is -0.271. The Labute approximate surface area is 178 Å². The highest BCUT2D eigenvalue weighted by Crippen LogP contribution is 2.37. The highest BCUT2D eigenvalue weighted by molar-refractivity contribution is 5.68. The van der Waals surface area contributed by atoms with E-state index in [1.165, 1.54) is 12.7 Å². The van der Waals surface area contributed by atoms with Crippen molar-refractivity contribution in [1.29, 1.82) is 0 Å². The van der Waals surface area contributed by atoms with Gasteiger partial charge in [-0.1, -0.05) is 37.3 Å². The van der Waals surface area contributed by atoms with Crippen LogP contribution >= 0.6 is 0 Å². The Bertz CT molecular complexity index is 787. The van der Waals surface area contributed by atoms with Crippen molar-refractivity contribution in [3.8, 4) is 0 Å². The maximum absolute atomic E-state index is 12.5. The zero-order chi connectivity index (χ0) is 20.9. The molecule has 0 radical (unpaired) electrons. The second-order valence-electron chi connectivity index (χ2n) is 8.87. The van der Waals surface area contributed by atoms with Crippen LogP contribution in [0.5, 0.6) is 0 Å². The third-order valence-electron chi connectivity index (χ3n) is 6.81. The van der Waals surface area contributed by atoms with Gasteiger partial charge in [0.1, 0.15) is 0 Å². The Morgan fingerprint density at radius 3 is 2.60 bits per heavy atom. The van der Waals surface area contributed by atoms with E-state index in [-0.39, 0.29) is 24.2 Å². The molecule has 1 saturated heterocycles. The van der Waals surface area contributed by atoms with Gasteiger partial charge in [0, 0.05) is 24.4 Å². The normalized spacial score (nSPS) is 29.5. The minimum Gasteiger partial charge on any atom is -0.453 e. The number of benzene rings is 1. The van der Waals surface area contributed by atoms with Gasteiger partial charge in [0.2, 0.25) is 0 Å². The Morgan fingerprint density at radius 1 is 1.17 bits per heavy atom. The minimum absolute atomic E-state index is 0.0408. The Hall–Kier alpha value is -2.34. The van der Waals surface area contributed by atoms with Crippen molar-refractivity contribution in [2.75, 3.05) is 20.3 Å². The number of rotatable bonds is 5. The van der Waals surface area contributed by atoms with Gasteiger partial charge in [0.25, 0.3) is 0 Å². The van der Waals surface area contributed by atoms with Gasteiger partial charge in [-0.05, 0) is 55.6 Å². The SMILES string of the molecule is COC(=O)N1C[C@@H](C)C[C@H](c2ccn[nH]2)[C@@H]1COC1CCC(c2ccccc2)CC1. The predicted molar refractivity (Wildman–Crippen MR) is 115 cm³/mol. The summed E-state index contributed by atoms with van der Waals surface area (Å²) in [7, 11) is 1.45. The number of likely N-dealkylation sites (tertiary alicyclic amines) is 1. The van der Waals surface area contributed by atoms with Gasteiger partial charge in [-0.15, -0.1) is 0 Å². The quantitative estimate of drug-likeness (QED) is 0.773. The highest BCUT2D eigenvalue weighted by Gasteiger charge is 2.40. The van der Waals surface area contributed by atoms with Crippen molar-refractivity contribution in [2.45, 2.75) is 63.0 Å². The lowest BCUT2D eigenvalue weighted by Crippen LogP contribution is -2.52. The van der Waals surface area contributed by atoms with E-state index in [1.807, 2.05) is 11.0 Å². The third kappa shape index (κ3) is 4.69. The summed E-state index contributed by atoms with van der Waals surface area (Å²) in [6.45, 7) is 3.42. The zero-order valence-corrected chi connectivity index (χ0v) is 18.0. The van der Waals surface area contributed by atoms with Gasteiger partial charge in [-0.2, -0.15) is 5.10 Å². The molecule has 1 amide bonds. The number of carbonyl (C=O) groups excluding carboxylic acids is 1. The molecule has 0 bridgehead atoms. The van der Waals surface area contributed by atoms with E-state index in [1.54, 1.807) is 6.20 Å². The zero-order valence-electron chi connectivity index (χ0n) is 18.0. The van der Waals surface area contributed by atoms with Gasteiger partial charge in [-0.3, -0.25) is 5.10 Å². The molecule has 1 aromatic heterocycles. The van der Waals surface area contributed by atoms with Crippen LogP contribution in [0.15, 0.2) is 42.6 Å². The van der Waals surface area contributed by atoms with Crippen molar-refractivity contribution in [2.24, 2.45) is 5.92 Å². The first-order chi connectivity index (χ1) is 14.7. The van der Waals surface area contributed by atoms with Crippen molar-refractivity contribution < 1.29 is 14.3 Å². The predicted octanol–water partition coefficient (Wildman–Crippen LogP) is 4.71. The summed E-state index contributed by atoms with van der Waals surface area (Å²) in [4.78, 5) is 14.4. The lowest BCUT2D eigenvalue weighted by atomic mass is 9.81. The molecule has 2 aliphatic rings. The van der Waals surface area contributed by atoms with E-state index < -0.39 is 0 Å². The molecule has 1 aliphatic heterocycles. The number of hydrogen-bond acceptors (Lipinski definition) is 4. The van der Waals surface area contributed by atoms with Crippen molar-refractivity contribution >= 4 is 6.09 Å². The molecule has 3 atom stereocenters. The summed E-state index contributed by atoms with van der Waals surface area (Å²) in [5, 5.41) is 7.25. The first-order valence-electron chi connectivity index (χ1n) is 11.2. The Balaban J connectivity index is 1.40. The summed E-state index contributed by atoms with van der Waals surface area (Å²) in [6, 6.07) is 12.8. The fourth-order valence-corrected chi connectivity index (χ4v) is 5.22. The lowest BCUT2D eigenvalue weighted by molar-refractivity contribution is -0.0303. The summed E-state index contributed by atoms with van der Waals surface area (Å²) in [5.74, 6) is 1.21. The van der Waals surface area contributed by atoms with Crippen LogP contribution in [0.25, 0.3) is 0 Å². The number of methoxy groups -OCH3 is 1. The van der Waals surface area contributed by atoms with Gasteiger partial charge >= 0.3 is 6.09 Å². The van der Waals surface area contributed by atoms with Gasteiger partial charge in [0.15, 0.2) is 0 Å². The van der Waals surface area contributed by atoms with Crippen molar-refractivity contribution in [3.05, 3.63) is 53.9 Å². The van der Waals surface area contributed by atoms with Crippen LogP contribution in [-0.4, -0.2) is 53.6 Å². The van der Waals surface area contributed by atoms with Crippen LogP contribution < -0.4 is 0 Å². The van der Waals surface area contributed by atoms with Crippen LogP contribution in [-0.2, 0) is 9.47 Å². The smallest absolute Gasteiger partial charge is 0.409 e. The number of aromatic nitrogens is 2. The fraction of sp³-hybridized carbons (Fsp3) is 0.583. The number of nitrogens with one attached hydrogen (secondary N) is 1. The second kappa shape index (κ2) is 9.65. The molecule has 2 fully saturated rings. The van der Waals surface area contributed by atoms with Gasteiger partial charge in [-0.25, -0.2) is 4.79 Å². The molecular weight excluding hydrogens is 378 g/mol. The number of aromatic amines is 1. The van der Waals surface area contributed by atoms with Crippen LogP contribution in [0.2, 0.25) is 0 Å². The standard InChI is InChI=1S/C24H33N3O3/c1-17-14-21(22-12-13-25-26-22)23(27(15-17)24(28)29-2)16-30-20-10-8-19(9-11-20)18-6-4-3-5-7-18/h3-7,12-13,17,19-21,23H,8-11,14-16H2,1-2H3,(H,25,26)/t17-,19?,20?,21+,23-/m0/s1. The molecule has 162 valence electrons. The molecule has 0 spiro atoms. The number of nitrogens with zero attached hydrogens (tertiary/aromatic N) is 2. The maximum Gasteiger partial charge on any atom is 0.409 e. The van der Waals surface area contributed by atoms with Gasteiger partial charge < -0.3 is 14.4 Å². The first kappa shape index (κ1) is 20.9. The summed E-state index contributed by atoms with van der Waals surface area (Å²) in [5.41, 5.74) is 2.50. The number of amides is 1. The average Bonchev–Trinajstić information content (AvgIpc) is 3.33. The molecule has 1 aliphatic carbocycles. The summed E-state index contributed by atoms with van der Waals surface area (Å²) >= 11 is 0. The van der Waals surface area contributed by atoms with Crippen LogP contribution in [0.3, 0.4) is 0 Å². The van der Waals surface area contributed by atoms with E-state index in [0.717, 1.165) is 37.8 Å². The van der Waals surface area contributed by atoms with Gasteiger partial charge in [0.05, 0.1) is 25.9 Å².